The maximum absolute atomic E-state index is 13.5. The topological polar surface area (TPSA) is 522 Å². The molecular weight excluding hydrogens is 2050 g/mol. The van der Waals surface area contributed by atoms with Gasteiger partial charge in [-0.2, -0.15) is 0 Å². The predicted octanol–water partition coefficient (Wildman–Crippen LogP) is 18.5. The van der Waals surface area contributed by atoms with E-state index in [4.69, 9.17) is 124 Å². The third-order valence-electron chi connectivity index (χ3n) is 17.0. The Morgan fingerprint density at radius 3 is 1.34 bits per heavy atom. The number of pyridine rings is 7. The third-order valence-corrected chi connectivity index (χ3v) is 21.3. The molecule has 0 spiro atoms. The zero-order chi connectivity index (χ0) is 101. The maximum Gasteiger partial charge on any atom is 0.408 e. The number of hydrogen-bond acceptors (Lipinski definition) is 24. The first-order valence-corrected chi connectivity index (χ1v) is 46.0. The van der Waals surface area contributed by atoms with Gasteiger partial charge in [-0.1, -0.05) is 104 Å². The van der Waals surface area contributed by atoms with Crippen LogP contribution in [-0.2, 0) is 48.2 Å². The summed E-state index contributed by atoms with van der Waals surface area (Å²) in [7, 11) is 0. The molecule has 15 N–H and O–H groups in total. The van der Waals surface area contributed by atoms with Crippen LogP contribution in [0.25, 0.3) is 87.3 Å². The van der Waals surface area contributed by atoms with E-state index in [1.807, 2.05) is 105 Å². The number of amides is 5. The molecule has 0 aliphatic heterocycles. The van der Waals surface area contributed by atoms with Crippen LogP contribution in [-0.4, -0.2) is 180 Å². The number of ether oxygens (including phenoxy) is 3. The van der Waals surface area contributed by atoms with Crippen molar-refractivity contribution < 1.29 is 71.2 Å². The molecule has 35 nitrogen and oxygen atoms in total. The second-order valence-electron chi connectivity index (χ2n) is 31.0. The minimum atomic E-state index is -1.96. The van der Waals surface area contributed by atoms with Gasteiger partial charge >= 0.3 is 24.2 Å². The Kier molecular flexibility index (Phi) is 40.5. The molecule has 0 atom stereocenters. The smallest absolute Gasteiger partial charge is 0.408 e. The highest BCUT2D eigenvalue weighted by atomic mass is 79.9. The van der Waals surface area contributed by atoms with Gasteiger partial charge in [0.15, 0.2) is 17.4 Å². The Morgan fingerprint density at radius 2 is 0.905 bits per heavy atom. The van der Waals surface area contributed by atoms with Gasteiger partial charge in [-0.05, 0) is 183 Å². The van der Waals surface area contributed by atoms with Crippen LogP contribution < -0.4 is 38.3 Å². The van der Waals surface area contributed by atoms with Crippen LogP contribution >= 0.6 is 132 Å². The molecule has 0 aliphatic rings. The summed E-state index contributed by atoms with van der Waals surface area (Å²) in [6.07, 6.45) is 20.5. The van der Waals surface area contributed by atoms with Gasteiger partial charge < -0.3 is 86.5 Å². The number of thiazole rings is 2. The summed E-state index contributed by atoms with van der Waals surface area (Å²) in [5.41, 5.74) is 18.6. The van der Waals surface area contributed by atoms with Crippen LogP contribution in [0.2, 0.25) is 0 Å². The summed E-state index contributed by atoms with van der Waals surface area (Å²) >= 11 is 46.9. The molecule has 16 rings (SSSR count). The zero-order valence-electron chi connectivity index (χ0n) is 73.7. The number of nitrogens with one attached hydrogen (secondary N) is 10. The lowest BCUT2D eigenvalue weighted by molar-refractivity contribution is -0.136. The van der Waals surface area contributed by atoms with Gasteiger partial charge in [-0.3, -0.25) is 33.6 Å². The van der Waals surface area contributed by atoms with E-state index in [2.05, 4.69) is 107 Å². The number of hydrogen-bond donors (Lipinski definition) is 13. The van der Waals surface area contributed by atoms with Crippen LogP contribution in [0.3, 0.4) is 0 Å². The van der Waals surface area contributed by atoms with Gasteiger partial charge in [0.05, 0.1) is 48.5 Å². The second kappa shape index (κ2) is 50.8. The fourth-order valence-corrected chi connectivity index (χ4v) is 13.6. The third kappa shape index (κ3) is 35.3. The maximum atomic E-state index is 13.5. The number of aromatic amines is 6. The standard InChI is InChI=1S/C24H17F2N5O2S.C16H18N4O2S.C9H5Cl3N2O.C8H14BrNO3.C8H7N3O.C8H7N3S.C7H6N2.C7H13NO4.C2Cl4O/c25-19-6-5-14(9-20(19)26)12-31-8-2-4-17(24(31)33)22(32)29-10-15-13-34-23(30-15)18-11-28-21-16(18)3-1-7-27-21;1-16(2,3)22-15(21)19-7-10-9-23-14(20-10)12-8-18-13-11(12)5-4-6-17-13;10-9(11,12)7(15)6-4-14-8-5(6)2-1-3-13-8;1-8(2,3)13-7(12)10-5-6(11)4-9;2*9-7(12)6-4-11-8-5(6)2-1-3-10-8;1-2-6-3-5-9-7(6)8-4-1;1-7(2,3)12-6(11)8-4-5(9)10;3-1(7)2(4,5)6/h1-9,11,13H,10,12H2,(H,27,28)(H,29,32);4-6,8-9H,7H2,1-3H3,(H,17,18)(H,19,21);1-4H,(H,13,14);4-5H2,1-3H3,(H,10,12);2*1-4H,(H2,9,12)(H,10,11);1-5H,(H,8,9);4H2,1-3H3,(H,8,11)(H,9,10);. The number of H-pyrrole nitrogens is 6. The molecule has 1 aromatic carbocycles. The van der Waals surface area contributed by atoms with Crippen molar-refractivity contribution in [1.82, 2.24) is 95.6 Å². The van der Waals surface area contributed by atoms with E-state index in [9.17, 15) is 56.7 Å². The van der Waals surface area contributed by atoms with Crippen LogP contribution in [0.15, 0.2) is 205 Å². The number of alkyl halides is 7. The number of carbonyl (C=O) groups is 9. The van der Waals surface area contributed by atoms with Gasteiger partial charge in [0, 0.05) is 146 Å². The van der Waals surface area contributed by atoms with E-state index in [-0.39, 0.29) is 36.3 Å². The molecule has 15 aromatic heterocycles. The molecule has 5 amide bonds. The molecule has 0 radical (unpaired) electrons. The molecule has 0 saturated carbocycles. The lowest BCUT2D eigenvalue weighted by Crippen LogP contribution is -2.35. The monoisotopic (exact) mass is 2130 g/mol. The molecule has 0 aliphatic carbocycles. The number of carboxylic acids is 1. The fourth-order valence-electron chi connectivity index (χ4n) is 11.2. The number of primary amides is 1. The average Bonchev–Trinajstić information content (AvgIpc) is 1.68. The number of fused-ring (bicyclic) bond motifs is 6. The van der Waals surface area contributed by atoms with Crippen LogP contribution in [0.4, 0.5) is 23.2 Å². The largest absolute Gasteiger partial charge is 0.480 e. The summed E-state index contributed by atoms with van der Waals surface area (Å²) in [4.78, 5) is 164. The van der Waals surface area contributed by atoms with E-state index in [0.29, 0.717) is 50.6 Å². The minimum Gasteiger partial charge on any atom is -0.480 e. The number of halogens is 10. The zero-order valence-corrected chi connectivity index (χ0v) is 83.1. The average molecular weight is 2140 g/mol. The summed E-state index contributed by atoms with van der Waals surface area (Å²) < 4.78 is 38.9. The molecule has 0 saturated heterocycles. The van der Waals surface area contributed by atoms with Crippen molar-refractivity contribution in [1.29, 1.82) is 0 Å². The number of thiocarbonyl (C=S) groups is 1. The quantitative estimate of drug-likeness (QED) is 0.0132. The molecule has 0 fully saturated rings. The molecule has 15 heterocycles. The number of aromatic nitrogens is 15. The number of aliphatic carboxylic acids is 1. The van der Waals surface area contributed by atoms with Gasteiger partial charge in [0.2, 0.25) is 5.78 Å². The molecule has 137 heavy (non-hydrogen) atoms. The lowest BCUT2D eigenvalue weighted by Gasteiger charge is -2.19. The SMILES string of the molecule is CC(C)(C)OC(=O)NCC(=O)CBr.CC(C)(C)OC(=O)NCC(=O)O.CC(C)(C)OC(=O)NCc1csc(-c2c[nH]c3ncccc23)n1.NC(=O)c1c[nH]c2ncccc12.NC(=S)c1c[nH]c2ncccc12.O=C(Cl)C(Cl)(Cl)Cl.O=C(NCc1csc(-c2c[nH]c3ncccc23)n1)c1cccn(Cc2ccc(F)c(F)c2)c1=O.O=C(c1c[nH]c2ncccc12)C(Cl)(Cl)Cl.c1cnc2[nH]ccc2c1. The summed E-state index contributed by atoms with van der Waals surface area (Å²) in [6, 6.07) is 30.9. The van der Waals surface area contributed by atoms with E-state index in [1.54, 1.807) is 121 Å². The van der Waals surface area contributed by atoms with Crippen molar-refractivity contribution in [2.75, 3.05) is 18.4 Å². The Bertz CT molecular complexity index is 6840. The highest BCUT2D eigenvalue weighted by molar-refractivity contribution is 9.09. The Morgan fingerprint density at radius 1 is 0.496 bits per heavy atom. The Hall–Kier alpha value is -12.9. The summed E-state index contributed by atoms with van der Waals surface area (Å²) in [5, 5.41) is 28.3. The van der Waals surface area contributed by atoms with Crippen molar-refractivity contribution in [3.63, 3.8) is 0 Å². The number of Topliss-reactive ketones (excluding diaryl/α,β-unsaturated/α-hetero) is 2. The molecule has 16 aromatic rings. The predicted molar refractivity (Wildman–Crippen MR) is 534 cm³/mol. The van der Waals surface area contributed by atoms with Crippen molar-refractivity contribution in [3.05, 3.63) is 262 Å². The number of ketones is 2. The number of rotatable bonds is 17. The minimum absolute atomic E-state index is 0.000162. The molecule has 720 valence electrons. The van der Waals surface area contributed by atoms with Crippen LogP contribution in [0, 0.1) is 11.6 Å². The highest BCUT2D eigenvalue weighted by Crippen LogP contribution is 2.35. The van der Waals surface area contributed by atoms with E-state index >= 15 is 0 Å². The number of benzene rings is 1. The van der Waals surface area contributed by atoms with Crippen LogP contribution in [0.5, 0.6) is 0 Å². The summed E-state index contributed by atoms with van der Waals surface area (Å²) in [5.74, 6) is -4.69. The summed E-state index contributed by atoms with van der Waals surface area (Å²) in [6.45, 7) is 16.0. The number of carbonyl (C=O) groups excluding carboxylic acids is 8. The molecule has 48 heteroatoms. The van der Waals surface area contributed by atoms with Crippen LogP contribution in [0.1, 0.15) is 116 Å². The number of nitrogens with two attached hydrogens (primary N) is 2. The second-order valence-corrected chi connectivity index (χ2v) is 38.6. The first-order chi connectivity index (χ1) is 64.6. The normalized spacial score (nSPS) is 11.0. The van der Waals surface area contributed by atoms with Gasteiger partial charge in [-0.15, -0.1) is 22.7 Å². The number of nitrogens with zero attached hydrogens (tertiary/aromatic N) is 9. The first-order valence-electron chi connectivity index (χ1n) is 40.0. The number of alkyl carbamates (subject to hydrolysis) is 3. The lowest BCUT2D eigenvalue weighted by atomic mass is 10.1. The van der Waals surface area contributed by atoms with Crippen molar-refractivity contribution in [3.8, 4) is 21.1 Å². The highest BCUT2D eigenvalue weighted by Gasteiger charge is 2.34. The molecule has 0 unspecified atom stereocenters. The van der Waals surface area contributed by atoms with Gasteiger partial charge in [0.25, 0.3) is 30.2 Å². The molecule has 0 bridgehead atoms. The van der Waals surface area contributed by atoms with E-state index in [1.165, 1.54) is 51.8 Å². The van der Waals surface area contributed by atoms with E-state index < -0.39 is 95.2 Å². The Balaban J connectivity index is 0.000000198. The van der Waals surface area contributed by atoms with Gasteiger partial charge in [-0.25, -0.2) is 63.0 Å². The molecular formula is C89H87BrCl7F2N21O14S3. The fraction of sp³-hybridized carbons (Fsp3) is 0.225. The Labute approximate surface area is 835 Å². The first kappa shape index (κ1) is 109. The van der Waals surface area contributed by atoms with Crippen molar-refractivity contribution in [2.45, 2.75) is 106 Å². The van der Waals surface area contributed by atoms with Gasteiger partial charge in [0.1, 0.15) is 77.8 Å². The van der Waals surface area contributed by atoms with Crippen molar-refractivity contribution >= 4 is 256 Å². The van der Waals surface area contributed by atoms with Crippen molar-refractivity contribution in [2.24, 2.45) is 11.5 Å². The van der Waals surface area contributed by atoms with E-state index in [0.717, 1.165) is 94.1 Å². The number of carboxylic acid groups (broad SMARTS) is 1.